The van der Waals surface area contributed by atoms with E-state index in [1.807, 2.05) is 30.0 Å². The Balaban J connectivity index is 2.00. The molecule has 0 aliphatic carbocycles. The third kappa shape index (κ3) is 4.06. The lowest BCUT2D eigenvalue weighted by molar-refractivity contribution is 0.302. The SMILES string of the molecule is Cc1ccc(/C(=N/O)N2CC=CCC2)c(Oc2cc(Cl)ccc2Cl)n1. The summed E-state index contributed by atoms with van der Waals surface area (Å²) in [6.07, 6.45) is 5.02. The number of rotatable bonds is 3. The highest BCUT2D eigenvalue weighted by molar-refractivity contribution is 6.34. The molecule has 0 saturated carbocycles. The molecule has 1 aliphatic heterocycles. The second-order valence-electron chi connectivity index (χ2n) is 5.61. The summed E-state index contributed by atoms with van der Waals surface area (Å²) in [6, 6.07) is 8.63. The van der Waals surface area contributed by atoms with Crippen LogP contribution in [0.1, 0.15) is 17.7 Å². The lowest BCUT2D eigenvalue weighted by Crippen LogP contribution is -2.34. The van der Waals surface area contributed by atoms with Gasteiger partial charge in [-0.1, -0.05) is 40.5 Å². The second kappa shape index (κ2) is 7.76. The number of nitrogens with zero attached hydrogens (tertiary/aromatic N) is 3. The minimum absolute atomic E-state index is 0.312. The van der Waals surface area contributed by atoms with Gasteiger partial charge in [-0.3, -0.25) is 0 Å². The molecule has 1 aromatic heterocycles. The van der Waals surface area contributed by atoms with Crippen LogP contribution in [0.3, 0.4) is 0 Å². The highest BCUT2D eigenvalue weighted by Crippen LogP contribution is 2.33. The number of hydrogen-bond acceptors (Lipinski definition) is 4. The Hall–Kier alpha value is -2.24. The van der Waals surface area contributed by atoms with E-state index in [4.69, 9.17) is 27.9 Å². The van der Waals surface area contributed by atoms with E-state index in [1.54, 1.807) is 18.2 Å². The van der Waals surface area contributed by atoms with E-state index in [9.17, 15) is 5.21 Å². The van der Waals surface area contributed by atoms with Crippen LogP contribution < -0.4 is 4.74 Å². The first-order valence-electron chi connectivity index (χ1n) is 7.81. The van der Waals surface area contributed by atoms with Gasteiger partial charge in [0.05, 0.1) is 10.6 Å². The Kier molecular flexibility index (Phi) is 5.46. The number of amidine groups is 1. The first kappa shape index (κ1) is 17.6. The molecule has 3 rings (SSSR count). The van der Waals surface area contributed by atoms with Gasteiger partial charge in [0.15, 0.2) is 5.84 Å². The summed E-state index contributed by atoms with van der Waals surface area (Å²) in [6.45, 7) is 3.27. The quantitative estimate of drug-likeness (QED) is 0.272. The summed E-state index contributed by atoms with van der Waals surface area (Å²) in [5.41, 5.74) is 1.35. The summed E-state index contributed by atoms with van der Waals surface area (Å²) >= 11 is 12.2. The average Bonchev–Trinajstić information content (AvgIpc) is 2.61. The van der Waals surface area contributed by atoms with Crippen LogP contribution in [-0.4, -0.2) is 34.0 Å². The van der Waals surface area contributed by atoms with Gasteiger partial charge in [-0.15, -0.1) is 0 Å². The van der Waals surface area contributed by atoms with E-state index in [1.165, 1.54) is 0 Å². The number of oxime groups is 1. The lowest BCUT2D eigenvalue weighted by atomic mass is 10.1. The molecule has 1 aliphatic rings. The maximum absolute atomic E-state index is 9.58. The van der Waals surface area contributed by atoms with Gasteiger partial charge in [-0.25, -0.2) is 4.98 Å². The third-order valence-electron chi connectivity index (χ3n) is 3.79. The normalized spacial score (nSPS) is 14.7. The zero-order valence-corrected chi connectivity index (χ0v) is 15.1. The lowest BCUT2D eigenvalue weighted by Gasteiger charge is -2.26. The Morgan fingerprint density at radius 1 is 1.24 bits per heavy atom. The van der Waals surface area contributed by atoms with Crippen LogP contribution in [0, 0.1) is 6.92 Å². The molecule has 2 heterocycles. The Bertz CT molecular complexity index is 837. The summed E-state index contributed by atoms with van der Waals surface area (Å²) in [5, 5.41) is 14.0. The van der Waals surface area contributed by atoms with Crippen molar-refractivity contribution in [1.29, 1.82) is 0 Å². The molecular weight excluding hydrogens is 361 g/mol. The highest BCUT2D eigenvalue weighted by atomic mass is 35.5. The first-order chi connectivity index (χ1) is 12.1. The number of hydrogen-bond donors (Lipinski definition) is 1. The van der Waals surface area contributed by atoms with Crippen LogP contribution in [0.15, 0.2) is 47.6 Å². The monoisotopic (exact) mass is 377 g/mol. The van der Waals surface area contributed by atoms with E-state index < -0.39 is 0 Å². The number of aryl methyl sites for hydroxylation is 1. The molecule has 0 radical (unpaired) electrons. The van der Waals surface area contributed by atoms with E-state index in [0.717, 1.165) is 18.7 Å². The molecule has 5 nitrogen and oxygen atoms in total. The van der Waals surface area contributed by atoms with E-state index >= 15 is 0 Å². The minimum atomic E-state index is 0.312. The van der Waals surface area contributed by atoms with Crippen LogP contribution in [0.25, 0.3) is 0 Å². The molecule has 130 valence electrons. The number of halogens is 2. The fourth-order valence-electron chi connectivity index (χ4n) is 2.56. The van der Waals surface area contributed by atoms with Gasteiger partial charge in [0.1, 0.15) is 5.75 Å². The van der Waals surface area contributed by atoms with Crippen LogP contribution in [0.4, 0.5) is 0 Å². The fraction of sp³-hybridized carbons (Fsp3) is 0.222. The fourth-order valence-corrected chi connectivity index (χ4v) is 2.88. The number of aromatic nitrogens is 1. The first-order valence-corrected chi connectivity index (χ1v) is 8.57. The standard InChI is InChI=1S/C18H17Cl2N3O2/c1-12-5-7-14(17(22-24)23-9-3-2-4-10-23)18(21-12)25-16-11-13(19)6-8-15(16)20/h2-3,5-8,11,24H,4,9-10H2,1H3/b22-17-. The van der Waals surface area contributed by atoms with Gasteiger partial charge in [0, 0.05) is 29.9 Å². The predicted molar refractivity (Wildman–Crippen MR) is 99.2 cm³/mol. The molecule has 0 spiro atoms. The molecule has 0 bridgehead atoms. The second-order valence-corrected chi connectivity index (χ2v) is 6.46. The van der Waals surface area contributed by atoms with Crippen molar-refractivity contribution in [2.75, 3.05) is 13.1 Å². The molecule has 7 heteroatoms. The minimum Gasteiger partial charge on any atom is -0.437 e. The largest absolute Gasteiger partial charge is 0.437 e. The van der Waals surface area contributed by atoms with E-state index in [0.29, 0.717) is 39.6 Å². The topological polar surface area (TPSA) is 58.0 Å². The summed E-state index contributed by atoms with van der Waals surface area (Å²) in [4.78, 5) is 6.40. The van der Waals surface area contributed by atoms with Crippen LogP contribution in [0.5, 0.6) is 11.6 Å². The van der Waals surface area contributed by atoms with Crippen molar-refractivity contribution in [3.63, 3.8) is 0 Å². The van der Waals surface area contributed by atoms with Crippen LogP contribution in [-0.2, 0) is 0 Å². The number of ether oxygens (including phenoxy) is 1. The maximum Gasteiger partial charge on any atom is 0.230 e. The Labute approximate surface area is 156 Å². The summed E-state index contributed by atoms with van der Waals surface area (Å²) in [5.74, 6) is 1.11. The number of benzene rings is 1. The molecule has 2 aromatic rings. The molecular formula is C18H17Cl2N3O2. The molecule has 0 fully saturated rings. The van der Waals surface area contributed by atoms with Gasteiger partial charge >= 0.3 is 0 Å². The predicted octanol–water partition coefficient (Wildman–Crippen LogP) is 4.89. The molecule has 1 N–H and O–H groups in total. The highest BCUT2D eigenvalue weighted by Gasteiger charge is 2.21. The summed E-state index contributed by atoms with van der Waals surface area (Å²) in [7, 11) is 0. The molecule has 0 saturated heterocycles. The van der Waals surface area contributed by atoms with E-state index in [-0.39, 0.29) is 0 Å². The van der Waals surface area contributed by atoms with Crippen molar-refractivity contribution in [3.8, 4) is 11.6 Å². The zero-order chi connectivity index (χ0) is 17.8. The van der Waals surface area contributed by atoms with Crippen molar-refractivity contribution in [2.45, 2.75) is 13.3 Å². The van der Waals surface area contributed by atoms with E-state index in [2.05, 4.69) is 16.2 Å². The Morgan fingerprint density at radius 2 is 2.08 bits per heavy atom. The van der Waals surface area contributed by atoms with Crippen molar-refractivity contribution < 1.29 is 9.94 Å². The maximum atomic E-state index is 9.58. The van der Waals surface area contributed by atoms with Crippen molar-refractivity contribution in [3.05, 3.63) is 63.8 Å². The van der Waals surface area contributed by atoms with Crippen molar-refractivity contribution in [1.82, 2.24) is 9.88 Å². The molecule has 1 aromatic carbocycles. The van der Waals surface area contributed by atoms with Gasteiger partial charge in [-0.2, -0.15) is 0 Å². The average molecular weight is 378 g/mol. The molecule has 0 unspecified atom stereocenters. The van der Waals surface area contributed by atoms with Gasteiger partial charge < -0.3 is 14.8 Å². The van der Waals surface area contributed by atoms with Gasteiger partial charge in [-0.05, 0) is 37.6 Å². The van der Waals surface area contributed by atoms with Crippen molar-refractivity contribution >= 4 is 29.0 Å². The third-order valence-corrected chi connectivity index (χ3v) is 4.34. The zero-order valence-electron chi connectivity index (χ0n) is 13.6. The van der Waals surface area contributed by atoms with Gasteiger partial charge in [0.25, 0.3) is 0 Å². The van der Waals surface area contributed by atoms with Crippen LogP contribution >= 0.6 is 23.2 Å². The van der Waals surface area contributed by atoms with Gasteiger partial charge in [0.2, 0.25) is 5.88 Å². The van der Waals surface area contributed by atoms with Crippen LogP contribution in [0.2, 0.25) is 10.0 Å². The molecule has 25 heavy (non-hydrogen) atoms. The smallest absolute Gasteiger partial charge is 0.230 e. The molecule has 0 amide bonds. The summed E-state index contributed by atoms with van der Waals surface area (Å²) < 4.78 is 5.91. The van der Waals surface area contributed by atoms with Crippen molar-refractivity contribution in [2.24, 2.45) is 5.16 Å². The molecule has 0 atom stereocenters. The Morgan fingerprint density at radius 3 is 2.80 bits per heavy atom. The number of pyridine rings is 1.